The van der Waals surface area contributed by atoms with Crippen LogP contribution in [0.4, 0.5) is 5.69 Å². The lowest BCUT2D eigenvalue weighted by Crippen LogP contribution is -2.34. The van der Waals surface area contributed by atoms with Crippen LogP contribution in [0.25, 0.3) is 0 Å². The molecule has 0 fully saturated rings. The fourth-order valence-corrected chi connectivity index (χ4v) is 3.68. The first-order valence-corrected chi connectivity index (χ1v) is 9.24. The number of amides is 1. The van der Waals surface area contributed by atoms with Crippen molar-refractivity contribution in [3.05, 3.63) is 57.5 Å². The van der Waals surface area contributed by atoms with Crippen molar-refractivity contribution in [2.75, 3.05) is 18.9 Å². The minimum Gasteiger partial charge on any atom is -0.325 e. The van der Waals surface area contributed by atoms with Crippen LogP contribution in [0.3, 0.4) is 0 Å². The second kappa shape index (κ2) is 7.72. The third kappa shape index (κ3) is 4.84. The molecule has 0 aliphatic rings. The smallest absolute Gasteiger partial charge is 0.243 e. The monoisotopic (exact) mass is 406 g/mol. The molecule has 0 spiro atoms. The van der Waals surface area contributed by atoms with Crippen LogP contribution in [-0.4, -0.2) is 32.2 Å². The van der Waals surface area contributed by atoms with E-state index in [1.54, 1.807) is 0 Å². The second-order valence-electron chi connectivity index (χ2n) is 4.92. The van der Waals surface area contributed by atoms with E-state index in [1.807, 2.05) is 0 Å². The molecule has 0 aliphatic heterocycles. The maximum absolute atomic E-state index is 12.4. The van der Waals surface area contributed by atoms with Gasteiger partial charge < -0.3 is 5.32 Å². The molecule has 2 aromatic carbocycles. The molecule has 2 rings (SSSR count). The maximum Gasteiger partial charge on any atom is 0.243 e. The van der Waals surface area contributed by atoms with E-state index in [1.165, 1.54) is 49.5 Å². The molecule has 1 N–H and O–H groups in total. The van der Waals surface area contributed by atoms with E-state index < -0.39 is 15.9 Å². The number of hydrogen-bond donors (Lipinski definition) is 1. The zero-order valence-electron chi connectivity index (χ0n) is 12.5. The summed E-state index contributed by atoms with van der Waals surface area (Å²) in [5.41, 5.74) is 0.384. The summed E-state index contributed by atoms with van der Waals surface area (Å²) in [5.74, 6) is -0.520. The largest absolute Gasteiger partial charge is 0.325 e. The van der Waals surface area contributed by atoms with Crippen LogP contribution in [-0.2, 0) is 14.8 Å². The number of sulfonamides is 1. The molecule has 0 unspecified atom stereocenters. The highest BCUT2D eigenvalue weighted by Crippen LogP contribution is 2.22. The zero-order valence-corrected chi connectivity index (χ0v) is 15.5. The minimum absolute atomic E-state index is 0.0491. The first kappa shape index (κ1) is 19.0. The molecule has 24 heavy (non-hydrogen) atoms. The SMILES string of the molecule is CN(CC(=O)Nc1cc(Cl)cc(Cl)c1)S(=O)(=O)c1ccc(Cl)cc1. The number of hydrogen-bond acceptors (Lipinski definition) is 3. The third-order valence-corrected chi connectivity index (χ3v) is 5.54. The van der Waals surface area contributed by atoms with Crippen LogP contribution in [0.1, 0.15) is 0 Å². The van der Waals surface area contributed by atoms with Crippen LogP contribution in [0.2, 0.25) is 15.1 Å². The van der Waals surface area contributed by atoms with Gasteiger partial charge in [0.25, 0.3) is 0 Å². The number of carbonyl (C=O) groups excluding carboxylic acids is 1. The first-order valence-electron chi connectivity index (χ1n) is 6.66. The fraction of sp³-hybridized carbons (Fsp3) is 0.133. The van der Waals surface area contributed by atoms with Gasteiger partial charge in [0.05, 0.1) is 11.4 Å². The Morgan fingerprint density at radius 1 is 1.00 bits per heavy atom. The number of carbonyl (C=O) groups is 1. The van der Waals surface area contributed by atoms with Gasteiger partial charge in [0.15, 0.2) is 0 Å². The van der Waals surface area contributed by atoms with E-state index in [2.05, 4.69) is 5.32 Å². The van der Waals surface area contributed by atoms with Crippen molar-refractivity contribution in [1.29, 1.82) is 0 Å². The molecular weight excluding hydrogens is 395 g/mol. The average molecular weight is 408 g/mol. The summed E-state index contributed by atoms with van der Waals surface area (Å²) in [5, 5.41) is 3.70. The molecule has 0 saturated heterocycles. The van der Waals surface area contributed by atoms with Gasteiger partial charge in [-0.05, 0) is 42.5 Å². The van der Waals surface area contributed by atoms with E-state index in [4.69, 9.17) is 34.8 Å². The Balaban J connectivity index is 2.09. The minimum atomic E-state index is -3.80. The highest BCUT2D eigenvalue weighted by Gasteiger charge is 2.23. The van der Waals surface area contributed by atoms with Crippen molar-refractivity contribution >= 4 is 56.4 Å². The number of nitrogens with one attached hydrogen (secondary N) is 1. The van der Waals surface area contributed by atoms with E-state index in [0.29, 0.717) is 20.8 Å². The molecule has 0 atom stereocenters. The van der Waals surface area contributed by atoms with Crippen molar-refractivity contribution in [2.24, 2.45) is 0 Å². The molecule has 5 nitrogen and oxygen atoms in total. The summed E-state index contributed by atoms with van der Waals surface area (Å²) in [7, 11) is -2.48. The Morgan fingerprint density at radius 3 is 2.08 bits per heavy atom. The van der Waals surface area contributed by atoms with Gasteiger partial charge in [-0.3, -0.25) is 4.79 Å². The van der Waals surface area contributed by atoms with Crippen molar-refractivity contribution in [2.45, 2.75) is 4.90 Å². The lowest BCUT2D eigenvalue weighted by Gasteiger charge is -2.17. The van der Waals surface area contributed by atoms with Crippen LogP contribution in [0.5, 0.6) is 0 Å². The summed E-state index contributed by atoms with van der Waals surface area (Å²) in [4.78, 5) is 12.1. The van der Waals surface area contributed by atoms with Gasteiger partial charge in [0, 0.05) is 27.8 Å². The van der Waals surface area contributed by atoms with E-state index in [9.17, 15) is 13.2 Å². The Morgan fingerprint density at radius 2 is 1.54 bits per heavy atom. The Kier molecular flexibility index (Phi) is 6.11. The average Bonchev–Trinajstić information content (AvgIpc) is 2.46. The third-order valence-electron chi connectivity index (χ3n) is 3.03. The summed E-state index contributed by atoms with van der Waals surface area (Å²) in [6.07, 6.45) is 0. The molecule has 0 radical (unpaired) electrons. The van der Waals surface area contributed by atoms with Crippen LogP contribution < -0.4 is 5.32 Å². The molecule has 128 valence electrons. The summed E-state index contributed by atoms with van der Waals surface area (Å²) < 4.78 is 25.7. The lowest BCUT2D eigenvalue weighted by molar-refractivity contribution is -0.116. The fourth-order valence-electron chi connectivity index (χ4n) is 1.90. The van der Waals surface area contributed by atoms with Gasteiger partial charge in [-0.15, -0.1) is 0 Å². The Labute approximate surface area is 155 Å². The van der Waals surface area contributed by atoms with Crippen molar-refractivity contribution < 1.29 is 13.2 Å². The maximum atomic E-state index is 12.4. The Hall–Kier alpha value is -1.31. The highest BCUT2D eigenvalue weighted by atomic mass is 35.5. The number of rotatable bonds is 5. The van der Waals surface area contributed by atoms with Gasteiger partial charge >= 0.3 is 0 Å². The predicted molar refractivity (Wildman–Crippen MR) is 96.4 cm³/mol. The molecule has 1 amide bonds. The molecule has 0 saturated carbocycles. The van der Waals surface area contributed by atoms with Crippen molar-refractivity contribution in [1.82, 2.24) is 4.31 Å². The first-order chi connectivity index (χ1) is 11.2. The van der Waals surface area contributed by atoms with Gasteiger partial charge in [0.1, 0.15) is 0 Å². The second-order valence-corrected chi connectivity index (χ2v) is 8.28. The van der Waals surface area contributed by atoms with Gasteiger partial charge in [0.2, 0.25) is 15.9 Å². The van der Waals surface area contributed by atoms with E-state index in [-0.39, 0.29) is 11.4 Å². The summed E-state index contributed by atoms with van der Waals surface area (Å²) >= 11 is 17.5. The molecule has 0 bridgehead atoms. The van der Waals surface area contributed by atoms with Gasteiger partial charge in [-0.2, -0.15) is 4.31 Å². The quantitative estimate of drug-likeness (QED) is 0.817. The van der Waals surface area contributed by atoms with Crippen molar-refractivity contribution in [3.8, 4) is 0 Å². The number of anilines is 1. The predicted octanol–water partition coefficient (Wildman–Crippen LogP) is 3.91. The molecule has 2 aromatic rings. The van der Waals surface area contributed by atoms with Crippen molar-refractivity contribution in [3.63, 3.8) is 0 Å². The summed E-state index contributed by atoms with van der Waals surface area (Å²) in [6, 6.07) is 10.2. The number of nitrogens with zero attached hydrogens (tertiary/aromatic N) is 1. The normalized spacial score (nSPS) is 11.5. The number of halogens is 3. The highest BCUT2D eigenvalue weighted by molar-refractivity contribution is 7.89. The molecule has 0 aliphatic carbocycles. The lowest BCUT2D eigenvalue weighted by atomic mass is 10.3. The summed E-state index contributed by atoms with van der Waals surface area (Å²) in [6.45, 7) is -0.366. The standard InChI is InChI=1S/C15H13Cl3N2O3S/c1-20(24(22,23)14-4-2-10(16)3-5-14)9-15(21)19-13-7-11(17)6-12(18)8-13/h2-8H,9H2,1H3,(H,19,21). The molecule has 9 heteroatoms. The molecule has 0 heterocycles. The molecule has 0 aromatic heterocycles. The Bertz CT molecular complexity index is 835. The van der Waals surface area contributed by atoms with Gasteiger partial charge in [-0.1, -0.05) is 34.8 Å². The van der Waals surface area contributed by atoms with E-state index in [0.717, 1.165) is 4.31 Å². The zero-order chi connectivity index (χ0) is 17.9. The number of likely N-dealkylation sites (N-methyl/N-ethyl adjacent to an activating group) is 1. The number of benzene rings is 2. The molecular formula is C15H13Cl3N2O3S. The van der Waals surface area contributed by atoms with E-state index >= 15 is 0 Å². The topological polar surface area (TPSA) is 66.5 Å². The van der Waals surface area contributed by atoms with Gasteiger partial charge in [-0.25, -0.2) is 8.42 Å². The van der Waals surface area contributed by atoms with Crippen LogP contribution in [0, 0.1) is 0 Å². The van der Waals surface area contributed by atoms with Crippen LogP contribution >= 0.6 is 34.8 Å². The van der Waals surface area contributed by atoms with Crippen LogP contribution in [0.15, 0.2) is 47.4 Å².